The maximum absolute atomic E-state index is 5.41. The van der Waals surface area contributed by atoms with E-state index in [1.165, 1.54) is 16.0 Å². The normalized spacial score (nSPS) is 13.0. The van der Waals surface area contributed by atoms with Gasteiger partial charge in [0.2, 0.25) is 6.79 Å². The van der Waals surface area contributed by atoms with Crippen molar-refractivity contribution in [3.63, 3.8) is 0 Å². The molecule has 2 N–H and O–H groups in total. The third kappa shape index (κ3) is 4.39. The second-order valence-corrected chi connectivity index (χ2v) is 6.63. The van der Waals surface area contributed by atoms with Gasteiger partial charge in [0.1, 0.15) is 0 Å². The van der Waals surface area contributed by atoms with Gasteiger partial charge in [-0.15, -0.1) is 11.8 Å². The maximum atomic E-state index is 5.41. The summed E-state index contributed by atoms with van der Waals surface area (Å²) in [7, 11) is 1.78. The van der Waals surface area contributed by atoms with Gasteiger partial charge in [0.15, 0.2) is 17.5 Å². The number of aliphatic imine (C=N–C) groups is 1. The van der Waals surface area contributed by atoms with Gasteiger partial charge < -0.3 is 20.1 Å². The van der Waals surface area contributed by atoms with Crippen LogP contribution in [-0.4, -0.2) is 26.1 Å². The number of guanidine groups is 1. The van der Waals surface area contributed by atoms with E-state index in [1.54, 1.807) is 18.8 Å². The SMILES string of the molecule is CN=C(NCc1ccc2c(c1)OCO2)NCc1ccc(C)cc1SC. The molecule has 0 bridgehead atoms. The van der Waals surface area contributed by atoms with Gasteiger partial charge in [-0.25, -0.2) is 0 Å². The third-order valence-electron chi connectivity index (χ3n) is 4.01. The molecular weight excluding hydrogens is 334 g/mol. The second-order valence-electron chi connectivity index (χ2n) is 5.78. The zero-order valence-electron chi connectivity index (χ0n) is 14.8. The maximum Gasteiger partial charge on any atom is 0.231 e. The minimum Gasteiger partial charge on any atom is -0.454 e. The molecule has 1 aliphatic rings. The van der Waals surface area contributed by atoms with Crippen molar-refractivity contribution in [1.29, 1.82) is 0 Å². The van der Waals surface area contributed by atoms with Crippen LogP contribution in [0, 0.1) is 6.92 Å². The fourth-order valence-electron chi connectivity index (χ4n) is 2.63. The first-order valence-electron chi connectivity index (χ1n) is 8.16. The highest BCUT2D eigenvalue weighted by molar-refractivity contribution is 7.98. The molecule has 2 aromatic carbocycles. The van der Waals surface area contributed by atoms with Crippen molar-refractivity contribution in [3.05, 3.63) is 53.1 Å². The summed E-state index contributed by atoms with van der Waals surface area (Å²) >= 11 is 1.76. The zero-order chi connectivity index (χ0) is 17.6. The first kappa shape index (κ1) is 17.5. The van der Waals surface area contributed by atoms with E-state index >= 15 is 0 Å². The monoisotopic (exact) mass is 357 g/mol. The summed E-state index contributed by atoms with van der Waals surface area (Å²) in [5, 5.41) is 6.70. The Morgan fingerprint density at radius 3 is 2.68 bits per heavy atom. The molecule has 25 heavy (non-hydrogen) atoms. The number of nitrogens with zero attached hydrogens (tertiary/aromatic N) is 1. The highest BCUT2D eigenvalue weighted by Crippen LogP contribution is 2.32. The predicted molar refractivity (Wildman–Crippen MR) is 103 cm³/mol. The number of ether oxygens (including phenoxy) is 2. The lowest BCUT2D eigenvalue weighted by Gasteiger charge is -2.14. The topological polar surface area (TPSA) is 54.9 Å². The Balaban J connectivity index is 1.57. The summed E-state index contributed by atoms with van der Waals surface area (Å²) < 4.78 is 10.8. The van der Waals surface area contributed by atoms with Crippen molar-refractivity contribution in [1.82, 2.24) is 10.6 Å². The lowest BCUT2D eigenvalue weighted by Crippen LogP contribution is -2.36. The van der Waals surface area contributed by atoms with Gasteiger partial charge in [0, 0.05) is 25.0 Å². The molecule has 0 fully saturated rings. The number of fused-ring (bicyclic) bond motifs is 1. The third-order valence-corrected chi connectivity index (χ3v) is 4.83. The van der Waals surface area contributed by atoms with Crippen LogP contribution in [0.25, 0.3) is 0 Å². The van der Waals surface area contributed by atoms with E-state index in [1.807, 2.05) is 18.2 Å². The van der Waals surface area contributed by atoms with Gasteiger partial charge in [0.25, 0.3) is 0 Å². The second kappa shape index (κ2) is 8.16. The van der Waals surface area contributed by atoms with Gasteiger partial charge in [-0.1, -0.05) is 18.2 Å². The molecule has 0 unspecified atom stereocenters. The molecule has 0 radical (unpaired) electrons. The average Bonchev–Trinajstić information content (AvgIpc) is 3.10. The van der Waals surface area contributed by atoms with Crippen LogP contribution in [0.4, 0.5) is 0 Å². The van der Waals surface area contributed by atoms with Gasteiger partial charge in [0.05, 0.1) is 0 Å². The Bertz CT molecular complexity index is 777. The van der Waals surface area contributed by atoms with E-state index in [0.717, 1.165) is 29.6 Å². The first-order valence-corrected chi connectivity index (χ1v) is 9.38. The Morgan fingerprint density at radius 1 is 1.08 bits per heavy atom. The van der Waals surface area contributed by atoms with Crippen LogP contribution in [0.15, 0.2) is 46.3 Å². The van der Waals surface area contributed by atoms with Gasteiger partial charge in [-0.3, -0.25) is 4.99 Å². The van der Waals surface area contributed by atoms with E-state index < -0.39 is 0 Å². The van der Waals surface area contributed by atoms with Crippen molar-refractivity contribution >= 4 is 17.7 Å². The lowest BCUT2D eigenvalue weighted by molar-refractivity contribution is 0.174. The molecule has 0 saturated heterocycles. The van der Waals surface area contributed by atoms with Crippen molar-refractivity contribution in [2.24, 2.45) is 4.99 Å². The molecule has 132 valence electrons. The summed E-state index contributed by atoms with van der Waals surface area (Å²) in [6.45, 7) is 3.81. The molecule has 3 rings (SSSR count). The average molecular weight is 357 g/mol. The van der Waals surface area contributed by atoms with Crippen LogP contribution in [0.5, 0.6) is 11.5 Å². The van der Waals surface area contributed by atoms with Crippen LogP contribution in [0.2, 0.25) is 0 Å². The van der Waals surface area contributed by atoms with Crippen molar-refractivity contribution in [2.75, 3.05) is 20.1 Å². The number of benzene rings is 2. The fraction of sp³-hybridized carbons (Fsp3) is 0.316. The number of thioether (sulfide) groups is 1. The molecule has 1 aliphatic heterocycles. The molecule has 2 aromatic rings. The summed E-state index contributed by atoms with van der Waals surface area (Å²) in [5.41, 5.74) is 3.66. The van der Waals surface area contributed by atoms with Crippen molar-refractivity contribution in [3.8, 4) is 11.5 Å². The lowest BCUT2D eigenvalue weighted by atomic mass is 10.1. The fourth-order valence-corrected chi connectivity index (χ4v) is 3.34. The van der Waals surface area contributed by atoms with Gasteiger partial charge >= 0.3 is 0 Å². The van der Waals surface area contributed by atoms with E-state index in [4.69, 9.17) is 9.47 Å². The minimum absolute atomic E-state index is 0.295. The van der Waals surface area contributed by atoms with Gasteiger partial charge in [-0.05, 0) is 48.1 Å². The summed E-state index contributed by atoms with van der Waals surface area (Å²) in [6.07, 6.45) is 2.10. The zero-order valence-corrected chi connectivity index (χ0v) is 15.6. The summed E-state index contributed by atoms with van der Waals surface area (Å²) in [5.74, 6) is 2.37. The smallest absolute Gasteiger partial charge is 0.231 e. The highest BCUT2D eigenvalue weighted by Gasteiger charge is 2.13. The number of aryl methyl sites for hydroxylation is 1. The van der Waals surface area contributed by atoms with E-state index in [2.05, 4.69) is 47.0 Å². The quantitative estimate of drug-likeness (QED) is 0.488. The Labute approximate surface area is 152 Å². The van der Waals surface area contributed by atoms with Crippen LogP contribution in [0.1, 0.15) is 16.7 Å². The molecule has 0 aromatic heterocycles. The largest absolute Gasteiger partial charge is 0.454 e. The van der Waals surface area contributed by atoms with E-state index in [0.29, 0.717) is 13.3 Å². The molecule has 5 nitrogen and oxygen atoms in total. The molecule has 0 spiro atoms. The van der Waals surface area contributed by atoms with Crippen LogP contribution in [0.3, 0.4) is 0 Å². The first-order chi connectivity index (χ1) is 12.2. The Morgan fingerprint density at radius 2 is 1.88 bits per heavy atom. The van der Waals surface area contributed by atoms with Crippen molar-refractivity contribution < 1.29 is 9.47 Å². The van der Waals surface area contributed by atoms with Crippen molar-refractivity contribution in [2.45, 2.75) is 24.9 Å². The highest BCUT2D eigenvalue weighted by atomic mass is 32.2. The molecular formula is C19H23N3O2S. The summed E-state index contributed by atoms with van der Waals surface area (Å²) in [4.78, 5) is 5.59. The molecule has 0 saturated carbocycles. The van der Waals surface area contributed by atoms with Crippen LogP contribution >= 0.6 is 11.8 Å². The molecule has 6 heteroatoms. The number of hydrogen-bond acceptors (Lipinski definition) is 4. The molecule has 1 heterocycles. The summed E-state index contributed by atoms with van der Waals surface area (Å²) in [6, 6.07) is 12.5. The molecule has 0 aliphatic carbocycles. The molecule has 0 amide bonds. The Kier molecular flexibility index (Phi) is 5.71. The Hall–Kier alpha value is -2.34. The van der Waals surface area contributed by atoms with E-state index in [-0.39, 0.29) is 0 Å². The number of nitrogens with one attached hydrogen (secondary N) is 2. The van der Waals surface area contributed by atoms with Crippen LogP contribution in [-0.2, 0) is 13.1 Å². The number of hydrogen-bond donors (Lipinski definition) is 2. The van der Waals surface area contributed by atoms with Crippen LogP contribution < -0.4 is 20.1 Å². The predicted octanol–water partition coefficient (Wildman–Crippen LogP) is 3.31. The molecule has 0 atom stereocenters. The number of rotatable bonds is 5. The standard InChI is InChI=1S/C19H23N3O2S/c1-13-4-6-15(18(8-13)25-3)11-22-19(20-2)21-10-14-5-7-16-17(9-14)24-12-23-16/h4-9H,10-12H2,1-3H3,(H2,20,21,22). The minimum atomic E-state index is 0.295. The van der Waals surface area contributed by atoms with E-state index in [9.17, 15) is 0 Å². The van der Waals surface area contributed by atoms with Gasteiger partial charge in [-0.2, -0.15) is 0 Å².